The Morgan fingerprint density at radius 3 is 2.32 bits per heavy atom. The normalized spacial score (nSPS) is 11.2. The van der Waals surface area contributed by atoms with Gasteiger partial charge in [0.1, 0.15) is 0 Å². The Balaban J connectivity index is 1.62. The van der Waals surface area contributed by atoms with Crippen LogP contribution in [0.3, 0.4) is 0 Å². The molecule has 0 saturated carbocycles. The summed E-state index contributed by atoms with van der Waals surface area (Å²) in [5.41, 5.74) is 1.64. The van der Waals surface area contributed by atoms with E-state index < -0.39 is 10.0 Å². The van der Waals surface area contributed by atoms with Gasteiger partial charge in [-0.2, -0.15) is 0 Å². The number of amides is 2. The van der Waals surface area contributed by atoms with Crippen molar-refractivity contribution in [3.8, 4) is 0 Å². The molecule has 0 aliphatic carbocycles. The molecule has 0 saturated heterocycles. The monoisotopic (exact) mass is 457 g/mol. The van der Waals surface area contributed by atoms with Gasteiger partial charge in [0, 0.05) is 43.2 Å². The van der Waals surface area contributed by atoms with Gasteiger partial charge < -0.3 is 10.2 Å². The van der Waals surface area contributed by atoms with Crippen LogP contribution in [0.2, 0.25) is 0 Å². The summed E-state index contributed by atoms with van der Waals surface area (Å²) < 4.78 is 27.6. The second-order valence-corrected chi connectivity index (χ2v) is 9.81. The molecule has 3 rings (SSSR count). The average molecular weight is 458 g/mol. The SMILES string of the molecule is CN(C)C(=O)c1ccc(CNC(=O)c2cccc(S(=O)(=O)NCc3cccs3)c2)cc1. The summed E-state index contributed by atoms with van der Waals surface area (Å²) in [6.07, 6.45) is 0. The average Bonchev–Trinajstić information content (AvgIpc) is 3.30. The minimum atomic E-state index is -3.74. The van der Waals surface area contributed by atoms with Crippen molar-refractivity contribution in [3.63, 3.8) is 0 Å². The molecule has 0 unspecified atom stereocenters. The molecule has 1 aromatic heterocycles. The lowest BCUT2D eigenvalue weighted by atomic mass is 10.1. The lowest BCUT2D eigenvalue weighted by molar-refractivity contribution is 0.0827. The second-order valence-electron chi connectivity index (χ2n) is 7.01. The summed E-state index contributed by atoms with van der Waals surface area (Å²) in [5.74, 6) is -0.481. The number of sulfonamides is 1. The molecule has 2 aromatic carbocycles. The van der Waals surface area contributed by atoms with Crippen molar-refractivity contribution in [1.82, 2.24) is 14.9 Å². The number of thiophene rings is 1. The van der Waals surface area contributed by atoms with E-state index in [9.17, 15) is 18.0 Å². The van der Waals surface area contributed by atoms with Crippen LogP contribution in [0.5, 0.6) is 0 Å². The van der Waals surface area contributed by atoms with Crippen LogP contribution >= 0.6 is 11.3 Å². The number of rotatable bonds is 8. The predicted molar refractivity (Wildman–Crippen MR) is 120 cm³/mol. The summed E-state index contributed by atoms with van der Waals surface area (Å²) in [5, 5.41) is 4.65. The van der Waals surface area contributed by atoms with E-state index >= 15 is 0 Å². The third-order valence-electron chi connectivity index (χ3n) is 4.48. The van der Waals surface area contributed by atoms with E-state index in [-0.39, 0.29) is 35.4 Å². The minimum absolute atomic E-state index is 0.0308. The molecule has 2 amide bonds. The standard InChI is InChI=1S/C22H23N3O4S2/c1-25(2)22(27)17-10-8-16(9-11-17)14-23-21(26)18-5-3-7-20(13-18)31(28,29)24-15-19-6-4-12-30-19/h3-13,24H,14-15H2,1-2H3,(H,23,26). The summed E-state index contributed by atoms with van der Waals surface area (Å²) in [4.78, 5) is 26.9. The number of nitrogens with zero attached hydrogens (tertiary/aromatic N) is 1. The van der Waals surface area contributed by atoms with Crippen LogP contribution in [-0.4, -0.2) is 39.2 Å². The van der Waals surface area contributed by atoms with Crippen molar-refractivity contribution in [3.05, 3.63) is 87.6 Å². The second kappa shape index (κ2) is 9.86. The van der Waals surface area contributed by atoms with Crippen LogP contribution in [-0.2, 0) is 23.1 Å². The fourth-order valence-electron chi connectivity index (χ4n) is 2.77. The first-order valence-corrected chi connectivity index (χ1v) is 11.8. The van der Waals surface area contributed by atoms with Crippen molar-refractivity contribution < 1.29 is 18.0 Å². The smallest absolute Gasteiger partial charge is 0.253 e. The van der Waals surface area contributed by atoms with Crippen LogP contribution in [0.4, 0.5) is 0 Å². The van der Waals surface area contributed by atoms with Crippen molar-refractivity contribution in [2.45, 2.75) is 18.0 Å². The molecule has 0 spiro atoms. The van der Waals surface area contributed by atoms with E-state index in [0.717, 1.165) is 10.4 Å². The molecular weight excluding hydrogens is 434 g/mol. The van der Waals surface area contributed by atoms with E-state index in [4.69, 9.17) is 0 Å². The zero-order valence-corrected chi connectivity index (χ0v) is 18.8. The zero-order valence-electron chi connectivity index (χ0n) is 17.2. The van der Waals surface area contributed by atoms with Crippen LogP contribution in [0, 0.1) is 0 Å². The molecular formula is C22H23N3O4S2. The number of hydrogen-bond donors (Lipinski definition) is 2. The Labute approximate surface area is 185 Å². The van der Waals surface area contributed by atoms with Gasteiger partial charge in [-0.05, 0) is 47.3 Å². The molecule has 7 nitrogen and oxygen atoms in total. The molecule has 3 aromatic rings. The number of hydrogen-bond acceptors (Lipinski definition) is 5. The number of nitrogens with one attached hydrogen (secondary N) is 2. The number of benzene rings is 2. The Kier molecular flexibility index (Phi) is 7.21. The van der Waals surface area contributed by atoms with E-state index in [2.05, 4.69) is 10.0 Å². The molecule has 0 bridgehead atoms. The largest absolute Gasteiger partial charge is 0.348 e. The van der Waals surface area contributed by atoms with Gasteiger partial charge in [-0.25, -0.2) is 13.1 Å². The molecule has 2 N–H and O–H groups in total. The molecule has 0 radical (unpaired) electrons. The quantitative estimate of drug-likeness (QED) is 0.544. The number of carbonyl (C=O) groups excluding carboxylic acids is 2. The van der Waals surface area contributed by atoms with Gasteiger partial charge in [-0.1, -0.05) is 24.3 Å². The minimum Gasteiger partial charge on any atom is -0.348 e. The highest BCUT2D eigenvalue weighted by Gasteiger charge is 2.16. The molecule has 162 valence electrons. The fraction of sp³-hybridized carbons (Fsp3) is 0.182. The summed E-state index contributed by atoms with van der Waals surface area (Å²) in [6, 6.07) is 16.6. The Morgan fingerprint density at radius 1 is 0.935 bits per heavy atom. The van der Waals surface area contributed by atoms with E-state index in [0.29, 0.717) is 5.56 Å². The highest BCUT2D eigenvalue weighted by atomic mass is 32.2. The fourth-order valence-corrected chi connectivity index (χ4v) is 4.56. The summed E-state index contributed by atoms with van der Waals surface area (Å²) in [7, 11) is -0.373. The molecule has 0 aliphatic heterocycles. The summed E-state index contributed by atoms with van der Waals surface area (Å²) >= 11 is 1.46. The molecule has 0 aliphatic rings. The molecule has 1 heterocycles. The van der Waals surface area contributed by atoms with E-state index in [1.54, 1.807) is 44.4 Å². The maximum absolute atomic E-state index is 12.5. The molecule has 31 heavy (non-hydrogen) atoms. The van der Waals surface area contributed by atoms with Gasteiger partial charge in [-0.15, -0.1) is 11.3 Å². The van der Waals surface area contributed by atoms with Crippen LogP contribution in [0.15, 0.2) is 70.9 Å². The Bertz CT molecular complexity index is 1160. The van der Waals surface area contributed by atoms with Crippen molar-refractivity contribution >= 4 is 33.2 Å². The maximum Gasteiger partial charge on any atom is 0.253 e. The lowest BCUT2D eigenvalue weighted by Gasteiger charge is -2.11. The van der Waals surface area contributed by atoms with Gasteiger partial charge in [0.2, 0.25) is 10.0 Å². The topological polar surface area (TPSA) is 95.6 Å². The third-order valence-corrected chi connectivity index (χ3v) is 6.76. The van der Waals surface area contributed by atoms with Gasteiger partial charge in [0.25, 0.3) is 11.8 Å². The van der Waals surface area contributed by atoms with Crippen LogP contribution in [0.25, 0.3) is 0 Å². The number of carbonyl (C=O) groups is 2. The van der Waals surface area contributed by atoms with Gasteiger partial charge >= 0.3 is 0 Å². The van der Waals surface area contributed by atoms with Gasteiger partial charge in [-0.3, -0.25) is 9.59 Å². The zero-order chi connectivity index (χ0) is 22.4. The molecule has 9 heteroatoms. The lowest BCUT2D eigenvalue weighted by Crippen LogP contribution is -2.25. The van der Waals surface area contributed by atoms with Crippen LogP contribution < -0.4 is 10.0 Å². The Morgan fingerprint density at radius 2 is 1.68 bits per heavy atom. The van der Waals surface area contributed by atoms with Gasteiger partial charge in [0.15, 0.2) is 0 Å². The first-order chi connectivity index (χ1) is 14.8. The highest BCUT2D eigenvalue weighted by Crippen LogP contribution is 2.14. The highest BCUT2D eigenvalue weighted by molar-refractivity contribution is 7.89. The van der Waals surface area contributed by atoms with Crippen molar-refractivity contribution in [1.29, 1.82) is 0 Å². The summed E-state index contributed by atoms with van der Waals surface area (Å²) in [6.45, 7) is 0.450. The first-order valence-electron chi connectivity index (χ1n) is 9.47. The molecule has 0 atom stereocenters. The van der Waals surface area contributed by atoms with Crippen molar-refractivity contribution in [2.24, 2.45) is 0 Å². The predicted octanol–water partition coefficient (Wildman–Crippen LogP) is 2.86. The molecule has 0 fully saturated rings. The van der Waals surface area contributed by atoms with Gasteiger partial charge in [0.05, 0.1) is 4.90 Å². The van der Waals surface area contributed by atoms with E-state index in [1.165, 1.54) is 34.4 Å². The van der Waals surface area contributed by atoms with Crippen molar-refractivity contribution in [2.75, 3.05) is 14.1 Å². The third kappa shape index (κ3) is 6.00. The first kappa shape index (κ1) is 22.7. The maximum atomic E-state index is 12.5. The Hall–Kier alpha value is -3.01. The van der Waals surface area contributed by atoms with E-state index in [1.807, 2.05) is 17.5 Å². The van der Waals surface area contributed by atoms with Crippen LogP contribution in [0.1, 0.15) is 31.2 Å².